The minimum Gasteiger partial charge on any atom is -0.381 e. The minimum absolute atomic E-state index is 0.0649. The van der Waals surface area contributed by atoms with Crippen LogP contribution in [0.1, 0.15) is 12.0 Å². The topological polar surface area (TPSA) is 73.6 Å². The fourth-order valence-electron chi connectivity index (χ4n) is 2.04. The fraction of sp³-hybridized carbons (Fsp3) is 0.500. The summed E-state index contributed by atoms with van der Waals surface area (Å²) in [5.41, 5.74) is 7.28. The molecule has 5 heteroatoms. The molecule has 19 heavy (non-hydrogen) atoms. The molecule has 3 N–H and O–H groups in total. The second-order valence-electron chi connectivity index (χ2n) is 4.65. The molecule has 0 aliphatic carbocycles. The Morgan fingerprint density at radius 1 is 1.47 bits per heavy atom. The van der Waals surface area contributed by atoms with E-state index in [2.05, 4.69) is 5.32 Å². The van der Waals surface area contributed by atoms with Crippen molar-refractivity contribution >= 4 is 11.6 Å². The zero-order valence-corrected chi connectivity index (χ0v) is 10.9. The Morgan fingerprint density at radius 2 is 2.32 bits per heavy atom. The van der Waals surface area contributed by atoms with Crippen molar-refractivity contribution in [3.8, 4) is 0 Å². The number of nitrogens with two attached hydrogens (primary N) is 1. The predicted octanol–water partition coefficient (Wildman–Crippen LogP) is 1.14. The van der Waals surface area contributed by atoms with E-state index in [9.17, 15) is 4.79 Å². The molecule has 2 rings (SSSR count). The molecule has 1 heterocycles. The van der Waals surface area contributed by atoms with E-state index in [1.807, 2.05) is 24.3 Å². The number of ether oxygens (including phenoxy) is 2. The van der Waals surface area contributed by atoms with Crippen molar-refractivity contribution in [2.45, 2.75) is 13.0 Å². The lowest BCUT2D eigenvalue weighted by molar-refractivity contribution is -0.121. The van der Waals surface area contributed by atoms with E-state index in [-0.39, 0.29) is 12.5 Å². The average Bonchev–Trinajstić information content (AvgIpc) is 2.92. The second-order valence-corrected chi connectivity index (χ2v) is 4.65. The molecule has 5 nitrogen and oxygen atoms in total. The summed E-state index contributed by atoms with van der Waals surface area (Å²) in [6.07, 6.45) is 1.01. The highest BCUT2D eigenvalue weighted by Gasteiger charge is 2.16. The van der Waals surface area contributed by atoms with Crippen LogP contribution in [0.15, 0.2) is 24.3 Å². The first-order valence-electron chi connectivity index (χ1n) is 6.53. The Hall–Kier alpha value is -1.43. The summed E-state index contributed by atoms with van der Waals surface area (Å²) < 4.78 is 10.6. The van der Waals surface area contributed by atoms with E-state index >= 15 is 0 Å². The number of anilines is 1. The average molecular weight is 264 g/mol. The summed E-state index contributed by atoms with van der Waals surface area (Å²) in [4.78, 5) is 11.7. The highest BCUT2D eigenvalue weighted by molar-refractivity contribution is 5.92. The molecule has 0 spiro atoms. The predicted molar refractivity (Wildman–Crippen MR) is 72.7 cm³/mol. The lowest BCUT2D eigenvalue weighted by Crippen LogP contribution is -2.21. The van der Waals surface area contributed by atoms with E-state index in [0.29, 0.717) is 19.1 Å². The molecular formula is C14H20N2O3. The van der Waals surface area contributed by atoms with Crippen LogP contribution in [-0.2, 0) is 20.8 Å². The van der Waals surface area contributed by atoms with Crippen LogP contribution in [0.5, 0.6) is 0 Å². The first-order valence-corrected chi connectivity index (χ1v) is 6.53. The monoisotopic (exact) mass is 264 g/mol. The quantitative estimate of drug-likeness (QED) is 0.808. The minimum atomic E-state index is -0.153. The van der Waals surface area contributed by atoms with E-state index in [0.717, 1.165) is 30.9 Å². The highest BCUT2D eigenvalue weighted by atomic mass is 16.5. The largest absolute Gasteiger partial charge is 0.381 e. The molecule has 1 aromatic carbocycles. The maximum atomic E-state index is 11.7. The third-order valence-electron chi connectivity index (χ3n) is 3.12. The zero-order chi connectivity index (χ0) is 13.5. The van der Waals surface area contributed by atoms with Gasteiger partial charge in [0.2, 0.25) is 5.91 Å². The van der Waals surface area contributed by atoms with Crippen molar-refractivity contribution in [2.75, 3.05) is 31.7 Å². The Kier molecular flexibility index (Phi) is 5.32. The van der Waals surface area contributed by atoms with Crippen LogP contribution in [-0.4, -0.2) is 32.3 Å². The summed E-state index contributed by atoms with van der Waals surface area (Å²) in [7, 11) is 0. The van der Waals surface area contributed by atoms with E-state index in [1.54, 1.807) is 0 Å². The number of para-hydroxylation sites is 1. The molecule has 0 aromatic heterocycles. The van der Waals surface area contributed by atoms with Crippen LogP contribution >= 0.6 is 0 Å². The molecule has 1 atom stereocenters. The molecule has 1 fully saturated rings. The number of hydrogen-bond donors (Lipinski definition) is 2. The van der Waals surface area contributed by atoms with Crippen molar-refractivity contribution in [1.82, 2.24) is 0 Å². The molecule has 0 bridgehead atoms. The SMILES string of the molecule is NCc1ccccc1NC(=O)COCC1CCOC1. The van der Waals surface area contributed by atoms with Crippen LogP contribution in [0.2, 0.25) is 0 Å². The number of hydrogen-bond acceptors (Lipinski definition) is 4. The Bertz CT molecular complexity index is 417. The number of rotatable bonds is 6. The normalized spacial score (nSPS) is 18.5. The van der Waals surface area contributed by atoms with Gasteiger partial charge in [-0.1, -0.05) is 18.2 Å². The molecule has 0 radical (unpaired) electrons. The van der Waals surface area contributed by atoms with E-state index < -0.39 is 0 Å². The van der Waals surface area contributed by atoms with Crippen molar-refractivity contribution in [1.29, 1.82) is 0 Å². The van der Waals surface area contributed by atoms with Gasteiger partial charge in [0.25, 0.3) is 0 Å². The van der Waals surface area contributed by atoms with Gasteiger partial charge in [-0.3, -0.25) is 4.79 Å². The first kappa shape index (κ1) is 14.0. The lowest BCUT2D eigenvalue weighted by Gasteiger charge is -2.11. The number of amides is 1. The molecule has 104 valence electrons. The summed E-state index contributed by atoms with van der Waals surface area (Å²) in [5, 5.41) is 2.81. The molecule has 1 unspecified atom stereocenters. The molecule has 1 aromatic rings. The molecule has 1 aliphatic heterocycles. The van der Waals surface area contributed by atoms with Gasteiger partial charge in [0.15, 0.2) is 0 Å². The van der Waals surface area contributed by atoms with Gasteiger partial charge in [-0.05, 0) is 18.1 Å². The van der Waals surface area contributed by atoms with E-state index in [1.165, 1.54) is 0 Å². The van der Waals surface area contributed by atoms with Crippen LogP contribution in [0, 0.1) is 5.92 Å². The summed E-state index contributed by atoms with van der Waals surface area (Å²) >= 11 is 0. The third-order valence-corrected chi connectivity index (χ3v) is 3.12. The van der Waals surface area contributed by atoms with Crippen molar-refractivity contribution in [3.63, 3.8) is 0 Å². The van der Waals surface area contributed by atoms with E-state index in [4.69, 9.17) is 15.2 Å². The molecule has 0 saturated carbocycles. The van der Waals surface area contributed by atoms with Gasteiger partial charge in [0, 0.05) is 24.8 Å². The van der Waals surface area contributed by atoms with Gasteiger partial charge in [0.1, 0.15) is 6.61 Å². The van der Waals surface area contributed by atoms with Crippen molar-refractivity contribution in [3.05, 3.63) is 29.8 Å². The summed E-state index contributed by atoms with van der Waals surface area (Å²) in [6, 6.07) is 7.50. The Morgan fingerprint density at radius 3 is 3.05 bits per heavy atom. The summed E-state index contributed by atoms with van der Waals surface area (Å²) in [5.74, 6) is 0.268. The highest BCUT2D eigenvalue weighted by Crippen LogP contribution is 2.14. The van der Waals surface area contributed by atoms with Crippen molar-refractivity contribution in [2.24, 2.45) is 11.7 Å². The Labute approximate surface area is 113 Å². The number of carbonyl (C=O) groups is 1. The van der Waals surface area contributed by atoms with Crippen LogP contribution in [0.4, 0.5) is 5.69 Å². The maximum Gasteiger partial charge on any atom is 0.250 e. The lowest BCUT2D eigenvalue weighted by atomic mass is 10.1. The second kappa shape index (κ2) is 7.23. The summed E-state index contributed by atoms with van der Waals surface area (Å²) in [6.45, 7) is 2.57. The first-order chi connectivity index (χ1) is 9.29. The molecular weight excluding hydrogens is 244 g/mol. The van der Waals surface area contributed by atoms with Gasteiger partial charge in [-0.15, -0.1) is 0 Å². The molecule has 1 saturated heterocycles. The number of benzene rings is 1. The maximum absolute atomic E-state index is 11.7. The smallest absolute Gasteiger partial charge is 0.250 e. The van der Waals surface area contributed by atoms with Crippen molar-refractivity contribution < 1.29 is 14.3 Å². The molecule has 1 amide bonds. The van der Waals surface area contributed by atoms with Gasteiger partial charge in [0.05, 0.1) is 13.2 Å². The van der Waals surface area contributed by atoms with Gasteiger partial charge < -0.3 is 20.5 Å². The van der Waals surface area contributed by atoms with Gasteiger partial charge in [-0.2, -0.15) is 0 Å². The fourth-order valence-corrected chi connectivity index (χ4v) is 2.04. The van der Waals surface area contributed by atoms with Crippen LogP contribution in [0.3, 0.4) is 0 Å². The van der Waals surface area contributed by atoms with Crippen LogP contribution < -0.4 is 11.1 Å². The number of nitrogens with one attached hydrogen (secondary N) is 1. The molecule has 1 aliphatic rings. The Balaban J connectivity index is 1.74. The van der Waals surface area contributed by atoms with Crippen LogP contribution in [0.25, 0.3) is 0 Å². The third kappa shape index (κ3) is 4.31. The number of carbonyl (C=O) groups excluding carboxylic acids is 1. The van der Waals surface area contributed by atoms with Gasteiger partial charge >= 0.3 is 0 Å². The van der Waals surface area contributed by atoms with Gasteiger partial charge in [-0.25, -0.2) is 0 Å². The zero-order valence-electron chi connectivity index (χ0n) is 10.9. The standard InChI is InChI=1S/C14H20N2O3/c15-7-12-3-1-2-4-13(12)16-14(17)10-19-9-11-5-6-18-8-11/h1-4,11H,5-10,15H2,(H,16,17).